The zero-order chi connectivity index (χ0) is 16.1. The Kier molecular flexibility index (Phi) is 5.16. The van der Waals surface area contributed by atoms with E-state index in [1.807, 2.05) is 38.1 Å². The van der Waals surface area contributed by atoms with Gasteiger partial charge in [0.2, 0.25) is 5.91 Å². The Bertz CT molecular complexity index is 669. The third-order valence-electron chi connectivity index (χ3n) is 2.80. The van der Waals surface area contributed by atoms with E-state index in [0.717, 1.165) is 4.90 Å². The first-order valence-corrected chi connectivity index (χ1v) is 7.47. The fraction of sp³-hybridized carbons (Fsp3) is 0.286. The van der Waals surface area contributed by atoms with Crippen molar-refractivity contribution in [1.82, 2.24) is 15.5 Å². The average molecular weight is 320 g/mol. The number of thioether (sulfide) groups is 1. The molecule has 2 aromatic rings. The van der Waals surface area contributed by atoms with Crippen LogP contribution in [0.1, 0.15) is 29.0 Å². The summed E-state index contributed by atoms with van der Waals surface area (Å²) < 4.78 is 4.63. The van der Waals surface area contributed by atoms with Gasteiger partial charge in [-0.25, -0.2) is 0 Å². The Morgan fingerprint density at radius 3 is 2.64 bits per heavy atom. The first-order valence-electron chi connectivity index (χ1n) is 6.59. The second-order valence-corrected chi connectivity index (χ2v) is 6.09. The molecule has 0 aliphatic carbocycles. The molecule has 0 radical (unpaired) electrons. The molecule has 2 amide bonds. The number of primary amides is 1. The fourth-order valence-corrected chi connectivity index (χ4v) is 2.50. The molecule has 0 saturated heterocycles. The van der Waals surface area contributed by atoms with Crippen LogP contribution < -0.4 is 11.1 Å². The quantitative estimate of drug-likeness (QED) is 0.775. The van der Waals surface area contributed by atoms with Crippen LogP contribution in [0.15, 0.2) is 33.7 Å². The normalized spacial score (nSPS) is 11.9. The smallest absolute Gasteiger partial charge is 0.315 e. The summed E-state index contributed by atoms with van der Waals surface area (Å²) >= 11 is 1.46. The van der Waals surface area contributed by atoms with Crippen molar-refractivity contribution in [3.8, 4) is 0 Å². The minimum atomic E-state index is -0.798. The van der Waals surface area contributed by atoms with Gasteiger partial charge in [-0.1, -0.05) is 22.9 Å². The van der Waals surface area contributed by atoms with Crippen LogP contribution in [-0.2, 0) is 11.3 Å². The van der Waals surface area contributed by atoms with E-state index in [1.54, 1.807) is 0 Å². The van der Waals surface area contributed by atoms with Crippen LogP contribution in [0, 0.1) is 6.92 Å². The van der Waals surface area contributed by atoms with E-state index in [-0.39, 0.29) is 29.4 Å². The number of hydrogen-bond donors (Lipinski definition) is 2. The third kappa shape index (κ3) is 4.32. The predicted octanol–water partition coefficient (Wildman–Crippen LogP) is 1.27. The lowest BCUT2D eigenvalue weighted by Gasteiger charge is -2.11. The van der Waals surface area contributed by atoms with Gasteiger partial charge in [-0.3, -0.25) is 9.59 Å². The van der Waals surface area contributed by atoms with Crippen molar-refractivity contribution < 1.29 is 14.1 Å². The Hall–Kier alpha value is -2.35. The van der Waals surface area contributed by atoms with Crippen molar-refractivity contribution >= 4 is 23.6 Å². The Morgan fingerprint density at radius 2 is 2.05 bits per heavy atom. The topological polar surface area (TPSA) is 111 Å². The maximum absolute atomic E-state index is 12.0. The highest BCUT2D eigenvalue weighted by molar-refractivity contribution is 8.00. The number of nitrogens with one attached hydrogen (secondary N) is 1. The molecule has 116 valence electrons. The minimum Gasteiger partial charge on any atom is -0.361 e. The summed E-state index contributed by atoms with van der Waals surface area (Å²) in [6.45, 7) is 3.90. The van der Waals surface area contributed by atoms with E-state index in [9.17, 15) is 9.59 Å². The molecule has 22 heavy (non-hydrogen) atoms. The van der Waals surface area contributed by atoms with Gasteiger partial charge >= 0.3 is 11.8 Å². The first kappa shape index (κ1) is 16.0. The molecule has 7 nitrogen and oxygen atoms in total. The lowest BCUT2D eigenvalue weighted by molar-refractivity contribution is -0.120. The second-order valence-electron chi connectivity index (χ2n) is 4.67. The van der Waals surface area contributed by atoms with Gasteiger partial charge in [0.1, 0.15) is 0 Å². The van der Waals surface area contributed by atoms with E-state index in [1.165, 1.54) is 17.3 Å². The van der Waals surface area contributed by atoms with Gasteiger partial charge in [0.05, 0.1) is 11.8 Å². The summed E-state index contributed by atoms with van der Waals surface area (Å²) in [5, 5.41) is 5.97. The number of hydrogen-bond acceptors (Lipinski definition) is 6. The lowest BCUT2D eigenvalue weighted by atomic mass is 10.2. The molecule has 0 bridgehead atoms. The summed E-state index contributed by atoms with van der Waals surface area (Å²) in [5.74, 6) is -1.02. The summed E-state index contributed by atoms with van der Waals surface area (Å²) in [4.78, 5) is 27.6. The number of carbonyl (C=O) groups is 2. The van der Waals surface area contributed by atoms with E-state index >= 15 is 0 Å². The van der Waals surface area contributed by atoms with Crippen molar-refractivity contribution in [2.45, 2.75) is 30.5 Å². The van der Waals surface area contributed by atoms with Gasteiger partial charge in [-0.2, -0.15) is 4.98 Å². The van der Waals surface area contributed by atoms with E-state index < -0.39 is 5.91 Å². The maximum atomic E-state index is 12.0. The largest absolute Gasteiger partial charge is 0.361 e. The van der Waals surface area contributed by atoms with E-state index in [2.05, 4.69) is 20.0 Å². The fourth-order valence-electron chi connectivity index (χ4n) is 1.61. The predicted molar refractivity (Wildman–Crippen MR) is 81.2 cm³/mol. The molecule has 0 aliphatic heterocycles. The molecular formula is C14H16N4O3S. The Labute approximate surface area is 131 Å². The standard InChI is InChI=1S/C14H16N4O3S/c1-8-3-5-10(6-4-8)22-9(2)13(20)16-7-11-17-14(12(15)19)21-18-11/h3-6,9H,7H2,1-2H3,(H2,15,19)(H,16,20)/t9-/m1/s1. The number of nitrogens with zero attached hydrogens (tertiary/aromatic N) is 2. The molecule has 2 rings (SSSR count). The number of amides is 2. The van der Waals surface area contributed by atoms with E-state index in [4.69, 9.17) is 5.73 Å². The monoisotopic (exact) mass is 320 g/mol. The number of aromatic nitrogens is 2. The highest BCUT2D eigenvalue weighted by Crippen LogP contribution is 2.23. The molecule has 3 N–H and O–H groups in total. The number of rotatable bonds is 6. The summed E-state index contributed by atoms with van der Waals surface area (Å²) in [5.41, 5.74) is 6.17. The van der Waals surface area contributed by atoms with Gasteiger partial charge in [0, 0.05) is 4.90 Å². The van der Waals surface area contributed by atoms with Crippen molar-refractivity contribution in [2.75, 3.05) is 0 Å². The van der Waals surface area contributed by atoms with Crippen LogP contribution in [0.3, 0.4) is 0 Å². The molecule has 0 aliphatic rings. The first-order chi connectivity index (χ1) is 10.5. The average Bonchev–Trinajstić information content (AvgIpc) is 2.96. The summed E-state index contributed by atoms with van der Waals surface area (Å²) in [6, 6.07) is 7.94. The molecule has 0 unspecified atom stereocenters. The zero-order valence-electron chi connectivity index (χ0n) is 12.2. The van der Waals surface area contributed by atoms with Crippen LogP contribution in [-0.4, -0.2) is 27.2 Å². The number of carbonyl (C=O) groups excluding carboxylic acids is 2. The highest BCUT2D eigenvalue weighted by Gasteiger charge is 2.16. The lowest BCUT2D eigenvalue weighted by Crippen LogP contribution is -2.30. The second kappa shape index (κ2) is 7.08. The molecule has 1 heterocycles. The highest BCUT2D eigenvalue weighted by atomic mass is 32.2. The van der Waals surface area contributed by atoms with Crippen molar-refractivity contribution in [3.05, 3.63) is 41.5 Å². The molecule has 1 aromatic carbocycles. The van der Waals surface area contributed by atoms with Gasteiger partial charge in [-0.05, 0) is 26.0 Å². The summed E-state index contributed by atoms with van der Waals surface area (Å²) in [6.07, 6.45) is 0. The summed E-state index contributed by atoms with van der Waals surface area (Å²) in [7, 11) is 0. The van der Waals surface area contributed by atoms with Crippen LogP contribution in [0.4, 0.5) is 0 Å². The molecular weight excluding hydrogens is 304 g/mol. The minimum absolute atomic E-state index is 0.0778. The SMILES string of the molecule is Cc1ccc(S[C@H](C)C(=O)NCc2noc(C(N)=O)n2)cc1. The van der Waals surface area contributed by atoms with Crippen molar-refractivity contribution in [2.24, 2.45) is 5.73 Å². The molecule has 0 spiro atoms. The van der Waals surface area contributed by atoms with Gasteiger partial charge < -0.3 is 15.6 Å². The zero-order valence-corrected chi connectivity index (χ0v) is 13.0. The van der Waals surface area contributed by atoms with Crippen molar-refractivity contribution in [3.63, 3.8) is 0 Å². The number of nitrogens with two attached hydrogens (primary N) is 1. The number of aryl methyl sites for hydroxylation is 1. The molecule has 0 fully saturated rings. The van der Waals surface area contributed by atoms with Crippen LogP contribution in [0.5, 0.6) is 0 Å². The number of benzene rings is 1. The maximum Gasteiger partial charge on any atom is 0.315 e. The third-order valence-corrected chi connectivity index (χ3v) is 3.91. The van der Waals surface area contributed by atoms with Gasteiger partial charge in [0.15, 0.2) is 5.82 Å². The van der Waals surface area contributed by atoms with Crippen molar-refractivity contribution in [1.29, 1.82) is 0 Å². The van der Waals surface area contributed by atoms with Crippen LogP contribution in [0.25, 0.3) is 0 Å². The van der Waals surface area contributed by atoms with Gasteiger partial charge in [-0.15, -0.1) is 11.8 Å². The van der Waals surface area contributed by atoms with E-state index in [0.29, 0.717) is 0 Å². The van der Waals surface area contributed by atoms with Crippen LogP contribution >= 0.6 is 11.8 Å². The Morgan fingerprint density at radius 1 is 1.36 bits per heavy atom. The molecule has 8 heteroatoms. The molecule has 0 saturated carbocycles. The van der Waals surface area contributed by atoms with Gasteiger partial charge in [0.25, 0.3) is 0 Å². The molecule has 1 aromatic heterocycles. The van der Waals surface area contributed by atoms with Crippen LogP contribution in [0.2, 0.25) is 0 Å². The molecule has 1 atom stereocenters. The Balaban J connectivity index is 1.85.